The van der Waals surface area contributed by atoms with E-state index in [9.17, 15) is 15.5 Å². The second-order valence-electron chi connectivity index (χ2n) is 10.3. The fourth-order valence-corrected chi connectivity index (χ4v) is 5.38. The first kappa shape index (κ1) is 25.6. The van der Waals surface area contributed by atoms with Crippen molar-refractivity contribution in [2.75, 3.05) is 19.7 Å². The van der Waals surface area contributed by atoms with Gasteiger partial charge in [-0.1, -0.05) is 19.1 Å². The number of allylic oxidation sites excluding steroid dienone is 1. The summed E-state index contributed by atoms with van der Waals surface area (Å²) in [5.74, 6) is 0.438. The predicted molar refractivity (Wildman–Crippen MR) is 143 cm³/mol. The molecule has 1 unspecified atom stereocenters. The van der Waals surface area contributed by atoms with Crippen LogP contribution in [0.4, 0.5) is 4.39 Å². The third-order valence-electron chi connectivity index (χ3n) is 7.48. The average molecular weight is 515 g/mol. The minimum atomic E-state index is -0.776. The van der Waals surface area contributed by atoms with Gasteiger partial charge >= 0.3 is 0 Å². The van der Waals surface area contributed by atoms with E-state index >= 15 is 4.39 Å². The van der Waals surface area contributed by atoms with E-state index in [1.165, 1.54) is 24.6 Å². The number of nitrogens with zero attached hydrogens (tertiary/aromatic N) is 2. The van der Waals surface area contributed by atoms with Crippen molar-refractivity contribution in [3.63, 3.8) is 0 Å². The molecule has 7 heteroatoms. The zero-order chi connectivity index (χ0) is 27.0. The first-order valence-electron chi connectivity index (χ1n) is 12.9. The lowest BCUT2D eigenvalue weighted by Gasteiger charge is -2.31. The molecule has 6 nitrogen and oxygen atoms in total. The minimum Gasteiger partial charge on any atom is -0.508 e. The average Bonchev–Trinajstić information content (AvgIpc) is 3.35. The summed E-state index contributed by atoms with van der Waals surface area (Å²) >= 11 is 0. The number of phenolic OH excluding ortho intramolecular Hbond substituents is 2. The van der Waals surface area contributed by atoms with Crippen LogP contribution in [-0.4, -0.2) is 40.9 Å². The van der Waals surface area contributed by atoms with Crippen LogP contribution in [0.2, 0.25) is 0 Å². The lowest BCUT2D eigenvalue weighted by Crippen LogP contribution is -2.35. The summed E-state index contributed by atoms with van der Waals surface area (Å²) in [6.45, 7) is 8.99. The molecule has 0 aromatic heterocycles. The highest BCUT2D eigenvalue weighted by Gasteiger charge is 2.32. The van der Waals surface area contributed by atoms with Crippen molar-refractivity contribution >= 4 is 11.1 Å². The number of halogens is 1. The Kier molecular flexibility index (Phi) is 7.00. The van der Waals surface area contributed by atoms with Gasteiger partial charge in [-0.05, 0) is 91.9 Å². The van der Waals surface area contributed by atoms with Crippen LogP contribution in [0.3, 0.4) is 0 Å². The second kappa shape index (κ2) is 10.4. The fourth-order valence-electron chi connectivity index (χ4n) is 5.38. The number of phenols is 2. The number of fused-ring (bicyclic) bond motifs is 1. The van der Waals surface area contributed by atoms with E-state index in [1.54, 1.807) is 19.1 Å². The first-order chi connectivity index (χ1) is 18.2. The number of likely N-dealkylation sites (tertiary alicyclic amines) is 1. The number of aromatic hydroxyl groups is 2. The van der Waals surface area contributed by atoms with E-state index in [0.29, 0.717) is 35.1 Å². The molecular formula is C31H31FN2O4. The molecule has 0 radical (unpaired) electrons. The van der Waals surface area contributed by atoms with Crippen LogP contribution in [0.5, 0.6) is 23.0 Å². The van der Waals surface area contributed by atoms with Crippen LogP contribution in [-0.2, 0) is 0 Å². The van der Waals surface area contributed by atoms with Gasteiger partial charge in [-0.2, -0.15) is 5.26 Å². The van der Waals surface area contributed by atoms with Crippen LogP contribution in [0.25, 0.3) is 11.1 Å². The highest BCUT2D eigenvalue weighted by atomic mass is 19.1. The van der Waals surface area contributed by atoms with Crippen molar-refractivity contribution in [2.45, 2.75) is 39.3 Å². The topological polar surface area (TPSA) is 86.0 Å². The van der Waals surface area contributed by atoms with Gasteiger partial charge in [0, 0.05) is 18.2 Å². The van der Waals surface area contributed by atoms with E-state index in [-0.39, 0.29) is 16.9 Å². The molecule has 196 valence electrons. The summed E-state index contributed by atoms with van der Waals surface area (Å²) in [5, 5.41) is 29.7. The summed E-state index contributed by atoms with van der Waals surface area (Å²) in [7, 11) is 0. The molecule has 2 heterocycles. The Morgan fingerprint density at radius 2 is 1.92 bits per heavy atom. The Morgan fingerprint density at radius 3 is 2.61 bits per heavy atom. The molecule has 1 saturated heterocycles. The van der Waals surface area contributed by atoms with Crippen LogP contribution < -0.4 is 9.47 Å². The Bertz CT molecular complexity index is 1430. The van der Waals surface area contributed by atoms with Gasteiger partial charge in [0.25, 0.3) is 0 Å². The standard InChI is InChI=1S/C31H31FN2O4/c1-18-10-11-34(16-18)19(2)17-37-25-6-4-22(5-7-25)31-28(23-12-21(15-33)13-24(35)14-23)20(3)29-27(38-31)9-8-26(36)30(29)32/h4-9,12-14,18-19,31,35-36H,10-11,16-17H2,1-3H3/t18-,19+,31?/m1/s1. The molecule has 0 spiro atoms. The van der Waals surface area contributed by atoms with Crippen LogP contribution in [0.1, 0.15) is 55.5 Å². The van der Waals surface area contributed by atoms with Crippen molar-refractivity contribution in [1.29, 1.82) is 5.26 Å². The lowest BCUT2D eigenvalue weighted by atomic mass is 9.85. The van der Waals surface area contributed by atoms with Crippen LogP contribution in [0, 0.1) is 23.1 Å². The lowest BCUT2D eigenvalue weighted by molar-refractivity contribution is 0.169. The van der Waals surface area contributed by atoms with E-state index in [1.807, 2.05) is 24.3 Å². The van der Waals surface area contributed by atoms with Gasteiger partial charge in [-0.25, -0.2) is 4.39 Å². The predicted octanol–water partition coefficient (Wildman–Crippen LogP) is 6.28. The Labute approximate surface area is 222 Å². The molecule has 3 aromatic rings. The largest absolute Gasteiger partial charge is 0.508 e. The molecule has 2 aliphatic heterocycles. The molecule has 1 fully saturated rings. The van der Waals surface area contributed by atoms with Gasteiger partial charge in [-0.15, -0.1) is 0 Å². The number of benzene rings is 3. The molecule has 2 N–H and O–H groups in total. The van der Waals surface area contributed by atoms with Gasteiger partial charge in [0.05, 0.1) is 17.2 Å². The Balaban J connectivity index is 1.47. The van der Waals surface area contributed by atoms with Crippen molar-refractivity contribution in [1.82, 2.24) is 4.90 Å². The number of hydrogen-bond donors (Lipinski definition) is 2. The number of rotatable bonds is 6. The van der Waals surface area contributed by atoms with E-state index in [4.69, 9.17) is 9.47 Å². The van der Waals surface area contributed by atoms with Gasteiger partial charge in [0.2, 0.25) is 0 Å². The third-order valence-corrected chi connectivity index (χ3v) is 7.48. The summed E-state index contributed by atoms with van der Waals surface area (Å²) in [5.41, 5.74) is 2.91. The maximum atomic E-state index is 15.0. The Morgan fingerprint density at radius 1 is 1.16 bits per heavy atom. The molecular weight excluding hydrogens is 483 g/mol. The monoisotopic (exact) mass is 514 g/mol. The quantitative estimate of drug-likeness (QED) is 0.403. The van der Waals surface area contributed by atoms with Crippen molar-refractivity contribution in [2.24, 2.45) is 5.92 Å². The smallest absolute Gasteiger partial charge is 0.176 e. The van der Waals surface area contributed by atoms with Gasteiger partial charge in [0.15, 0.2) is 11.6 Å². The van der Waals surface area contributed by atoms with Crippen molar-refractivity contribution in [3.8, 4) is 29.1 Å². The number of hydrogen-bond acceptors (Lipinski definition) is 6. The van der Waals surface area contributed by atoms with Crippen molar-refractivity contribution < 1.29 is 24.1 Å². The highest BCUT2D eigenvalue weighted by molar-refractivity contribution is 5.96. The fraction of sp³-hybridized carbons (Fsp3) is 0.323. The van der Waals surface area contributed by atoms with E-state index < -0.39 is 17.7 Å². The number of ether oxygens (including phenoxy) is 2. The summed E-state index contributed by atoms with van der Waals surface area (Å²) in [6, 6.07) is 17.3. The zero-order valence-electron chi connectivity index (χ0n) is 21.7. The summed E-state index contributed by atoms with van der Waals surface area (Å²) < 4.78 is 27.4. The molecule has 38 heavy (non-hydrogen) atoms. The molecule has 2 aliphatic rings. The van der Waals surface area contributed by atoms with Gasteiger partial charge in [0.1, 0.15) is 30.0 Å². The summed E-state index contributed by atoms with van der Waals surface area (Å²) in [6.07, 6.45) is 0.580. The SMILES string of the molecule is CC1=C(c2cc(O)cc(C#N)c2)C(c2ccc(OC[C@H](C)N3CC[C@@H](C)C3)cc2)Oc2ccc(O)c(F)c21. The van der Waals surface area contributed by atoms with E-state index in [0.717, 1.165) is 30.3 Å². The van der Waals surface area contributed by atoms with Gasteiger partial charge in [-0.3, -0.25) is 4.90 Å². The van der Waals surface area contributed by atoms with Crippen LogP contribution in [0.15, 0.2) is 54.6 Å². The number of nitriles is 1. The molecule has 3 atom stereocenters. The molecule has 5 rings (SSSR count). The van der Waals surface area contributed by atoms with Gasteiger partial charge < -0.3 is 19.7 Å². The maximum Gasteiger partial charge on any atom is 0.176 e. The minimum absolute atomic E-state index is 0.0782. The van der Waals surface area contributed by atoms with Crippen LogP contribution >= 0.6 is 0 Å². The highest BCUT2D eigenvalue weighted by Crippen LogP contribution is 2.49. The molecule has 0 amide bonds. The molecule has 0 saturated carbocycles. The maximum absolute atomic E-state index is 15.0. The second-order valence-corrected chi connectivity index (χ2v) is 10.3. The third kappa shape index (κ3) is 4.92. The molecule has 0 bridgehead atoms. The zero-order valence-corrected chi connectivity index (χ0v) is 21.7. The van der Waals surface area contributed by atoms with E-state index in [2.05, 4.69) is 24.8 Å². The van der Waals surface area contributed by atoms with Crippen molar-refractivity contribution in [3.05, 3.63) is 82.7 Å². The molecule has 3 aromatic carbocycles. The normalized spacial score (nSPS) is 20.0. The Hall–Kier alpha value is -4.02. The molecule has 0 aliphatic carbocycles. The first-order valence-corrected chi connectivity index (χ1v) is 12.9. The summed E-state index contributed by atoms with van der Waals surface area (Å²) in [4.78, 5) is 2.45.